The van der Waals surface area contributed by atoms with Gasteiger partial charge in [-0.15, -0.1) is 0 Å². The smallest absolute Gasteiger partial charge is 0.223 e. The molecule has 0 saturated heterocycles. The molecular weight excluding hydrogens is 168 g/mol. The zero-order chi connectivity index (χ0) is 8.32. The van der Waals surface area contributed by atoms with Crippen molar-refractivity contribution in [1.29, 1.82) is 0 Å². The maximum atomic E-state index is 12.9. The van der Waals surface area contributed by atoms with Crippen molar-refractivity contribution in [3.63, 3.8) is 0 Å². The molecule has 0 aromatic heterocycles. The van der Waals surface area contributed by atoms with E-state index in [-0.39, 0.29) is 6.42 Å². The van der Waals surface area contributed by atoms with Gasteiger partial charge in [-0.25, -0.2) is 13.8 Å². The van der Waals surface area contributed by atoms with Crippen LogP contribution in [-0.4, -0.2) is 17.1 Å². The van der Waals surface area contributed by atoms with E-state index in [2.05, 4.69) is 17.2 Å². The highest BCUT2D eigenvalue weighted by Gasteiger charge is 2.41. The highest BCUT2D eigenvalue weighted by molar-refractivity contribution is 7.78. The third-order valence-corrected chi connectivity index (χ3v) is 2.04. The number of aliphatic imine (C=N–C) groups is 1. The largest absolute Gasteiger partial charge is 0.270 e. The molecule has 1 aliphatic rings. The van der Waals surface area contributed by atoms with Crippen LogP contribution in [0.1, 0.15) is 25.7 Å². The molecule has 62 valence electrons. The Morgan fingerprint density at radius 1 is 1.45 bits per heavy atom. The van der Waals surface area contributed by atoms with Crippen LogP contribution in [0, 0.1) is 0 Å². The van der Waals surface area contributed by atoms with E-state index in [1.54, 1.807) is 0 Å². The number of hydrogen-bond acceptors (Lipinski definition) is 2. The number of halogens is 2. The number of hydrogen-bond donors (Lipinski definition) is 0. The van der Waals surface area contributed by atoms with Crippen molar-refractivity contribution in [3.8, 4) is 0 Å². The fourth-order valence-corrected chi connectivity index (χ4v) is 1.43. The second-order valence-electron chi connectivity index (χ2n) is 2.74. The Balaban J connectivity index is 2.66. The SMILES string of the molecule is FC1(F)CCCCC1N=C=S. The number of rotatable bonds is 1. The van der Waals surface area contributed by atoms with Crippen LogP contribution in [0.4, 0.5) is 8.78 Å². The summed E-state index contributed by atoms with van der Waals surface area (Å²) in [6.07, 6.45) is 1.80. The summed E-state index contributed by atoms with van der Waals surface area (Å²) >= 11 is 4.29. The van der Waals surface area contributed by atoms with E-state index in [1.807, 2.05) is 5.16 Å². The third-order valence-electron chi connectivity index (χ3n) is 1.93. The molecule has 0 aliphatic heterocycles. The van der Waals surface area contributed by atoms with Crippen LogP contribution in [-0.2, 0) is 0 Å². The lowest BCUT2D eigenvalue weighted by Crippen LogP contribution is -2.34. The summed E-state index contributed by atoms with van der Waals surface area (Å²) in [5, 5.41) is 2.02. The van der Waals surface area contributed by atoms with E-state index in [1.165, 1.54) is 0 Å². The number of alkyl halides is 2. The number of thiocarbonyl (C=S) groups is 1. The minimum Gasteiger partial charge on any atom is -0.223 e. The van der Waals surface area contributed by atoms with E-state index in [0.29, 0.717) is 12.8 Å². The fraction of sp³-hybridized carbons (Fsp3) is 0.857. The first-order chi connectivity index (χ1) is 5.17. The third kappa shape index (κ3) is 2.04. The van der Waals surface area contributed by atoms with Gasteiger partial charge < -0.3 is 0 Å². The molecule has 0 spiro atoms. The Morgan fingerprint density at radius 3 is 2.73 bits per heavy atom. The zero-order valence-corrected chi connectivity index (χ0v) is 6.83. The van der Waals surface area contributed by atoms with Gasteiger partial charge in [-0.2, -0.15) is 0 Å². The van der Waals surface area contributed by atoms with Crippen LogP contribution in [0.15, 0.2) is 4.99 Å². The Morgan fingerprint density at radius 2 is 2.18 bits per heavy atom. The maximum Gasteiger partial charge on any atom is 0.270 e. The van der Waals surface area contributed by atoms with Crippen molar-refractivity contribution in [2.24, 2.45) is 4.99 Å². The van der Waals surface area contributed by atoms with Gasteiger partial charge in [0.15, 0.2) is 0 Å². The average molecular weight is 177 g/mol. The Hall–Kier alpha value is -0.340. The van der Waals surface area contributed by atoms with E-state index in [4.69, 9.17) is 0 Å². The first-order valence-corrected chi connectivity index (χ1v) is 4.02. The Bertz CT molecular complexity index is 187. The summed E-state index contributed by atoms with van der Waals surface area (Å²) in [7, 11) is 0. The minimum absolute atomic E-state index is 0.0574. The molecule has 1 nitrogen and oxygen atoms in total. The molecule has 1 atom stereocenters. The van der Waals surface area contributed by atoms with Gasteiger partial charge in [-0.3, -0.25) is 0 Å². The molecule has 0 aromatic carbocycles. The molecule has 11 heavy (non-hydrogen) atoms. The van der Waals surface area contributed by atoms with Crippen LogP contribution in [0.25, 0.3) is 0 Å². The van der Waals surface area contributed by atoms with Gasteiger partial charge in [0.05, 0.1) is 5.16 Å². The zero-order valence-electron chi connectivity index (χ0n) is 6.02. The molecule has 0 radical (unpaired) electrons. The monoisotopic (exact) mass is 177 g/mol. The van der Waals surface area contributed by atoms with E-state index in [9.17, 15) is 8.78 Å². The second kappa shape index (κ2) is 3.37. The molecule has 0 aromatic rings. The summed E-state index contributed by atoms with van der Waals surface area (Å²) in [6.45, 7) is 0. The van der Waals surface area contributed by atoms with Crippen LogP contribution >= 0.6 is 12.2 Å². The molecule has 0 N–H and O–H groups in total. The van der Waals surface area contributed by atoms with Crippen molar-refractivity contribution in [3.05, 3.63) is 0 Å². The van der Waals surface area contributed by atoms with Crippen LogP contribution in [0.5, 0.6) is 0 Å². The molecule has 0 bridgehead atoms. The Kier molecular flexibility index (Phi) is 2.68. The molecule has 1 aliphatic carbocycles. The normalized spacial score (nSPS) is 29.1. The van der Waals surface area contributed by atoms with Gasteiger partial charge in [-0.1, -0.05) is 6.42 Å². The maximum absolute atomic E-state index is 12.9. The summed E-state index contributed by atoms with van der Waals surface area (Å²) in [5.41, 5.74) is 0. The molecule has 1 rings (SSSR count). The lowest BCUT2D eigenvalue weighted by atomic mass is 9.92. The summed E-state index contributed by atoms with van der Waals surface area (Å²) in [6, 6.07) is -0.909. The van der Waals surface area contributed by atoms with Crippen molar-refractivity contribution in [2.75, 3.05) is 0 Å². The van der Waals surface area contributed by atoms with Crippen molar-refractivity contribution < 1.29 is 8.78 Å². The quantitative estimate of drug-likeness (QED) is 0.443. The predicted octanol–water partition coefficient (Wildman–Crippen LogP) is 2.67. The van der Waals surface area contributed by atoms with E-state index >= 15 is 0 Å². The molecule has 1 saturated carbocycles. The molecule has 1 unspecified atom stereocenters. The lowest BCUT2D eigenvalue weighted by molar-refractivity contribution is -0.0503. The van der Waals surface area contributed by atoms with Gasteiger partial charge in [-0.05, 0) is 25.1 Å². The van der Waals surface area contributed by atoms with Crippen molar-refractivity contribution in [2.45, 2.75) is 37.6 Å². The summed E-state index contributed by atoms with van der Waals surface area (Å²) in [4.78, 5) is 3.45. The highest BCUT2D eigenvalue weighted by atomic mass is 32.1. The van der Waals surface area contributed by atoms with E-state index < -0.39 is 12.0 Å². The van der Waals surface area contributed by atoms with Crippen LogP contribution in [0.2, 0.25) is 0 Å². The number of isothiocyanates is 1. The fourth-order valence-electron chi connectivity index (χ4n) is 1.30. The van der Waals surface area contributed by atoms with Crippen molar-refractivity contribution >= 4 is 17.4 Å². The van der Waals surface area contributed by atoms with Gasteiger partial charge in [0.25, 0.3) is 5.92 Å². The molecule has 0 amide bonds. The lowest BCUT2D eigenvalue weighted by Gasteiger charge is -2.27. The highest BCUT2D eigenvalue weighted by Crippen LogP contribution is 2.35. The van der Waals surface area contributed by atoms with Gasteiger partial charge in [0, 0.05) is 6.42 Å². The standard InChI is InChI=1S/C7H9F2NS/c8-7(9)4-2-1-3-6(7)10-5-11/h6H,1-4H2. The van der Waals surface area contributed by atoms with Gasteiger partial charge >= 0.3 is 0 Å². The first-order valence-electron chi connectivity index (χ1n) is 3.61. The van der Waals surface area contributed by atoms with Gasteiger partial charge in [0.2, 0.25) is 0 Å². The summed E-state index contributed by atoms with van der Waals surface area (Å²) in [5.74, 6) is -2.65. The average Bonchev–Trinajstić information content (AvgIpc) is 1.94. The Labute approximate surface area is 69.5 Å². The molecule has 4 heteroatoms. The van der Waals surface area contributed by atoms with Crippen LogP contribution in [0.3, 0.4) is 0 Å². The second-order valence-corrected chi connectivity index (χ2v) is 2.93. The topological polar surface area (TPSA) is 12.4 Å². The molecule has 1 fully saturated rings. The van der Waals surface area contributed by atoms with E-state index in [0.717, 1.165) is 6.42 Å². The van der Waals surface area contributed by atoms with Crippen LogP contribution < -0.4 is 0 Å². The first kappa shape index (κ1) is 8.75. The summed E-state index contributed by atoms with van der Waals surface area (Å²) < 4.78 is 25.8. The molecule has 0 heterocycles. The minimum atomic E-state index is -2.65. The van der Waals surface area contributed by atoms with Gasteiger partial charge in [0.1, 0.15) is 6.04 Å². The predicted molar refractivity (Wildman–Crippen MR) is 42.2 cm³/mol. The molecular formula is C7H9F2NS. The van der Waals surface area contributed by atoms with Crippen molar-refractivity contribution in [1.82, 2.24) is 0 Å². The number of nitrogens with zero attached hydrogens (tertiary/aromatic N) is 1.